The minimum absolute atomic E-state index is 0.0266. The van der Waals surface area contributed by atoms with Gasteiger partial charge in [0.2, 0.25) is 5.91 Å². The Hall–Kier alpha value is -2.24. The summed E-state index contributed by atoms with van der Waals surface area (Å²) in [5, 5.41) is 0. The highest BCUT2D eigenvalue weighted by Gasteiger charge is 2.31. The summed E-state index contributed by atoms with van der Waals surface area (Å²) in [6.45, 7) is 9.65. The van der Waals surface area contributed by atoms with Crippen molar-refractivity contribution in [2.24, 2.45) is 5.92 Å². The van der Waals surface area contributed by atoms with Crippen molar-refractivity contribution in [1.29, 1.82) is 0 Å². The molecule has 6 nitrogen and oxygen atoms in total. The predicted molar refractivity (Wildman–Crippen MR) is 120 cm³/mol. The molecule has 0 saturated carbocycles. The van der Waals surface area contributed by atoms with Gasteiger partial charge in [-0.05, 0) is 70.6 Å². The molecule has 1 aromatic carbocycles. The summed E-state index contributed by atoms with van der Waals surface area (Å²) in [7, 11) is 1.88. The maximum atomic E-state index is 12.9. The fraction of sp³-hybridized carbons (Fsp3) is 0.667. The second kappa shape index (κ2) is 9.71. The number of ether oxygens (including phenoxy) is 1. The zero-order valence-corrected chi connectivity index (χ0v) is 19.0. The quantitative estimate of drug-likeness (QED) is 0.736. The third kappa shape index (κ3) is 6.13. The molecule has 2 aliphatic rings. The number of hydrogen-bond acceptors (Lipinski definition) is 4. The van der Waals surface area contributed by atoms with Crippen molar-refractivity contribution in [2.45, 2.75) is 65.0 Å². The lowest BCUT2D eigenvalue weighted by Gasteiger charge is -2.34. The molecule has 6 heteroatoms. The Morgan fingerprint density at radius 2 is 1.60 bits per heavy atom. The van der Waals surface area contributed by atoms with Gasteiger partial charge in [-0.3, -0.25) is 4.79 Å². The van der Waals surface area contributed by atoms with Gasteiger partial charge in [0.15, 0.2) is 0 Å². The van der Waals surface area contributed by atoms with Gasteiger partial charge in [0.1, 0.15) is 5.60 Å². The molecule has 166 valence electrons. The van der Waals surface area contributed by atoms with Crippen LogP contribution in [0, 0.1) is 5.92 Å². The summed E-state index contributed by atoms with van der Waals surface area (Å²) in [5.74, 6) is 0.139. The van der Waals surface area contributed by atoms with Crippen LogP contribution in [0.4, 0.5) is 10.5 Å². The number of rotatable bonds is 4. The lowest BCUT2D eigenvalue weighted by atomic mass is 9.95. The monoisotopic (exact) mass is 415 g/mol. The lowest BCUT2D eigenvalue weighted by molar-refractivity contribution is -0.136. The fourth-order valence-electron chi connectivity index (χ4n) is 4.26. The van der Waals surface area contributed by atoms with Gasteiger partial charge in [-0.2, -0.15) is 0 Å². The molecule has 0 N–H and O–H groups in total. The number of hydrogen-bond donors (Lipinski definition) is 0. The average molecular weight is 416 g/mol. The van der Waals surface area contributed by atoms with Crippen LogP contribution in [0.3, 0.4) is 0 Å². The predicted octanol–water partition coefficient (Wildman–Crippen LogP) is 4.28. The fourth-order valence-corrected chi connectivity index (χ4v) is 4.26. The Morgan fingerprint density at radius 3 is 2.17 bits per heavy atom. The van der Waals surface area contributed by atoms with Crippen LogP contribution in [0.1, 0.15) is 58.4 Å². The first kappa shape index (κ1) is 22.4. The summed E-state index contributed by atoms with van der Waals surface area (Å²) in [4.78, 5) is 31.1. The van der Waals surface area contributed by atoms with Crippen molar-refractivity contribution in [2.75, 3.05) is 38.1 Å². The molecule has 2 saturated heterocycles. The molecule has 2 fully saturated rings. The number of nitrogens with zero attached hydrogens (tertiary/aromatic N) is 3. The lowest BCUT2D eigenvalue weighted by Crippen LogP contribution is -2.45. The maximum Gasteiger partial charge on any atom is 0.410 e. The van der Waals surface area contributed by atoms with E-state index < -0.39 is 5.60 Å². The van der Waals surface area contributed by atoms with Gasteiger partial charge in [0.25, 0.3) is 0 Å². The highest BCUT2D eigenvalue weighted by molar-refractivity contribution is 5.79. The highest BCUT2D eigenvalue weighted by Crippen LogP contribution is 2.23. The Balaban J connectivity index is 1.47. The standard InChI is InChI=1S/C24H37N3O3/c1-24(2,3)30-23(29)27-16-12-20(13-17-27)22(28)25(4)18-19-8-10-21(11-9-19)26-14-6-5-7-15-26/h8-11,20H,5-7,12-18H2,1-4H3. The largest absolute Gasteiger partial charge is 0.444 e. The summed E-state index contributed by atoms with van der Waals surface area (Å²) < 4.78 is 5.44. The van der Waals surface area contributed by atoms with Crippen LogP contribution in [0.5, 0.6) is 0 Å². The van der Waals surface area contributed by atoms with E-state index in [-0.39, 0.29) is 17.9 Å². The summed E-state index contributed by atoms with van der Waals surface area (Å²) >= 11 is 0. The zero-order chi connectivity index (χ0) is 21.7. The van der Waals surface area contributed by atoms with Crippen LogP contribution in [0.15, 0.2) is 24.3 Å². The molecule has 0 atom stereocenters. The number of carbonyl (C=O) groups is 2. The van der Waals surface area contributed by atoms with Gasteiger partial charge >= 0.3 is 6.09 Å². The van der Waals surface area contributed by atoms with Crippen molar-refractivity contribution < 1.29 is 14.3 Å². The molecule has 0 aliphatic carbocycles. The number of likely N-dealkylation sites (tertiary alicyclic amines) is 1. The van der Waals surface area contributed by atoms with E-state index in [0.717, 1.165) is 18.7 Å². The number of benzene rings is 1. The van der Waals surface area contributed by atoms with E-state index in [2.05, 4.69) is 29.2 Å². The van der Waals surface area contributed by atoms with E-state index in [1.54, 1.807) is 4.90 Å². The topological polar surface area (TPSA) is 53.1 Å². The van der Waals surface area contributed by atoms with Crippen LogP contribution in [0.25, 0.3) is 0 Å². The number of amides is 2. The van der Waals surface area contributed by atoms with E-state index in [1.165, 1.54) is 24.9 Å². The second-order valence-corrected chi connectivity index (χ2v) is 9.65. The molecule has 1 aromatic rings. The van der Waals surface area contributed by atoms with Crippen LogP contribution in [0.2, 0.25) is 0 Å². The zero-order valence-electron chi connectivity index (χ0n) is 19.0. The molecule has 2 aliphatic heterocycles. The molecule has 0 bridgehead atoms. The minimum atomic E-state index is -0.493. The number of carbonyl (C=O) groups excluding carboxylic acids is 2. The first-order valence-corrected chi connectivity index (χ1v) is 11.3. The first-order chi connectivity index (χ1) is 14.2. The van der Waals surface area contributed by atoms with E-state index in [1.807, 2.05) is 32.7 Å². The van der Waals surface area contributed by atoms with Crippen molar-refractivity contribution >= 4 is 17.7 Å². The van der Waals surface area contributed by atoms with Crippen molar-refractivity contribution in [3.8, 4) is 0 Å². The third-order valence-corrected chi connectivity index (χ3v) is 5.95. The maximum absolute atomic E-state index is 12.9. The van der Waals surface area contributed by atoms with Crippen LogP contribution in [-0.2, 0) is 16.1 Å². The molecule has 2 amide bonds. The van der Waals surface area contributed by atoms with Crippen molar-refractivity contribution in [3.63, 3.8) is 0 Å². The summed E-state index contributed by atoms with van der Waals surface area (Å²) in [6, 6.07) is 8.63. The SMILES string of the molecule is CN(Cc1ccc(N2CCCCC2)cc1)C(=O)C1CCN(C(=O)OC(C)(C)C)CC1. The van der Waals surface area contributed by atoms with E-state index in [9.17, 15) is 9.59 Å². The normalized spacial score (nSPS) is 18.3. The van der Waals surface area contributed by atoms with Crippen molar-refractivity contribution in [1.82, 2.24) is 9.80 Å². The first-order valence-electron chi connectivity index (χ1n) is 11.3. The minimum Gasteiger partial charge on any atom is -0.444 e. The second-order valence-electron chi connectivity index (χ2n) is 9.65. The molecule has 3 rings (SSSR count). The molecular weight excluding hydrogens is 378 g/mol. The van der Waals surface area contributed by atoms with Crippen LogP contribution in [-0.4, -0.2) is 60.6 Å². The Bertz CT molecular complexity index is 712. The molecule has 2 heterocycles. The highest BCUT2D eigenvalue weighted by atomic mass is 16.6. The smallest absolute Gasteiger partial charge is 0.410 e. The van der Waals surface area contributed by atoms with Crippen LogP contribution < -0.4 is 4.90 Å². The third-order valence-electron chi connectivity index (χ3n) is 5.95. The molecule has 0 aromatic heterocycles. The molecule has 0 unspecified atom stereocenters. The number of anilines is 1. The summed E-state index contributed by atoms with van der Waals surface area (Å²) in [5.41, 5.74) is 1.94. The van der Waals surface area contributed by atoms with Gasteiger partial charge in [0.05, 0.1) is 0 Å². The molecule has 0 radical (unpaired) electrons. The molecule has 30 heavy (non-hydrogen) atoms. The van der Waals surface area contributed by atoms with Crippen LogP contribution >= 0.6 is 0 Å². The number of piperidine rings is 2. The van der Waals surface area contributed by atoms with Gasteiger partial charge in [-0.1, -0.05) is 12.1 Å². The van der Waals surface area contributed by atoms with Gasteiger partial charge in [-0.25, -0.2) is 4.79 Å². The Kier molecular flexibility index (Phi) is 7.27. The van der Waals surface area contributed by atoms with E-state index in [4.69, 9.17) is 4.74 Å². The molecular formula is C24H37N3O3. The van der Waals surface area contributed by atoms with Gasteiger partial charge < -0.3 is 19.4 Å². The summed E-state index contributed by atoms with van der Waals surface area (Å²) in [6.07, 6.45) is 4.97. The molecule has 0 spiro atoms. The van der Waals surface area contributed by atoms with E-state index >= 15 is 0 Å². The average Bonchev–Trinajstić information content (AvgIpc) is 2.73. The van der Waals surface area contributed by atoms with Gasteiger partial charge in [-0.15, -0.1) is 0 Å². The Labute approximate surface area is 181 Å². The van der Waals surface area contributed by atoms with Gasteiger partial charge in [0, 0.05) is 51.4 Å². The van der Waals surface area contributed by atoms with Crippen molar-refractivity contribution in [3.05, 3.63) is 29.8 Å². The Morgan fingerprint density at radius 1 is 1.00 bits per heavy atom. The van der Waals surface area contributed by atoms with E-state index in [0.29, 0.717) is 32.5 Å².